The van der Waals surface area contributed by atoms with Crippen LogP contribution in [0.1, 0.15) is 34.3 Å². The summed E-state index contributed by atoms with van der Waals surface area (Å²) < 4.78 is 0. The highest BCUT2D eigenvalue weighted by atomic mass is 35.5. The molecule has 2 amide bonds. The molecule has 0 spiro atoms. The Morgan fingerprint density at radius 2 is 1.52 bits per heavy atom. The summed E-state index contributed by atoms with van der Waals surface area (Å²) >= 11 is 5.91. The van der Waals surface area contributed by atoms with Crippen molar-refractivity contribution in [3.8, 4) is 0 Å². The molecule has 158 valence electrons. The molecule has 0 unspecified atom stereocenters. The monoisotopic (exact) mass is 432 g/mol. The number of benzene rings is 3. The summed E-state index contributed by atoms with van der Waals surface area (Å²) in [5, 5.41) is 3.74. The summed E-state index contributed by atoms with van der Waals surface area (Å²) in [5.74, 6) is -0.0816. The third-order valence-corrected chi connectivity index (χ3v) is 6.01. The Kier molecular flexibility index (Phi) is 6.68. The Morgan fingerprint density at radius 3 is 2.23 bits per heavy atom. The first-order valence-corrected chi connectivity index (χ1v) is 11.0. The molecule has 4 nitrogen and oxygen atoms in total. The van der Waals surface area contributed by atoms with Gasteiger partial charge < -0.3 is 10.2 Å². The standard InChI is InChI=1S/C26H25ClN2O2/c27-23-12-10-21(11-13-23)26(31)29-16-14-20(15-17-29)25(30)28-24-9-5-4-8-22(24)18-19-6-2-1-3-7-19/h1-13,20H,14-18H2,(H,28,30). The van der Waals surface area contributed by atoms with Crippen molar-refractivity contribution in [1.82, 2.24) is 4.90 Å². The number of carbonyl (C=O) groups excluding carboxylic acids is 2. The maximum absolute atomic E-state index is 12.9. The van der Waals surface area contributed by atoms with E-state index in [2.05, 4.69) is 23.5 Å². The van der Waals surface area contributed by atoms with Crippen LogP contribution in [0.25, 0.3) is 0 Å². The van der Waals surface area contributed by atoms with Crippen molar-refractivity contribution in [1.29, 1.82) is 0 Å². The van der Waals surface area contributed by atoms with Crippen molar-refractivity contribution < 1.29 is 9.59 Å². The van der Waals surface area contributed by atoms with Gasteiger partial charge in [0.15, 0.2) is 0 Å². The number of nitrogens with one attached hydrogen (secondary N) is 1. The average Bonchev–Trinajstić information content (AvgIpc) is 2.81. The minimum Gasteiger partial charge on any atom is -0.339 e. The number of anilines is 1. The predicted molar refractivity (Wildman–Crippen MR) is 124 cm³/mol. The van der Waals surface area contributed by atoms with E-state index in [-0.39, 0.29) is 17.7 Å². The predicted octanol–water partition coefficient (Wildman–Crippen LogP) is 5.42. The van der Waals surface area contributed by atoms with Crippen molar-refractivity contribution in [3.05, 3.63) is 101 Å². The lowest BCUT2D eigenvalue weighted by Crippen LogP contribution is -2.41. The second kappa shape index (κ2) is 9.80. The van der Waals surface area contributed by atoms with E-state index < -0.39 is 0 Å². The molecule has 1 saturated heterocycles. The number of rotatable bonds is 5. The molecule has 1 aliphatic rings. The van der Waals surface area contributed by atoms with E-state index in [0.717, 1.165) is 17.7 Å². The number of carbonyl (C=O) groups is 2. The Morgan fingerprint density at radius 1 is 0.871 bits per heavy atom. The Balaban J connectivity index is 1.35. The lowest BCUT2D eigenvalue weighted by atomic mass is 9.95. The fourth-order valence-electron chi connectivity index (χ4n) is 3.97. The third kappa shape index (κ3) is 5.33. The highest BCUT2D eigenvalue weighted by Crippen LogP contribution is 2.24. The quantitative estimate of drug-likeness (QED) is 0.585. The molecule has 0 atom stereocenters. The molecule has 0 bridgehead atoms. The lowest BCUT2D eigenvalue weighted by Gasteiger charge is -2.31. The fraction of sp³-hybridized carbons (Fsp3) is 0.231. The largest absolute Gasteiger partial charge is 0.339 e. The van der Waals surface area contributed by atoms with Crippen molar-refractivity contribution in [2.45, 2.75) is 19.3 Å². The van der Waals surface area contributed by atoms with Gasteiger partial charge in [0, 0.05) is 35.3 Å². The molecule has 1 N–H and O–H groups in total. The molecule has 1 heterocycles. The van der Waals surface area contributed by atoms with E-state index in [4.69, 9.17) is 11.6 Å². The number of hydrogen-bond donors (Lipinski definition) is 1. The van der Waals surface area contributed by atoms with Crippen LogP contribution in [0, 0.1) is 5.92 Å². The van der Waals surface area contributed by atoms with Gasteiger partial charge in [-0.2, -0.15) is 0 Å². The zero-order chi connectivity index (χ0) is 21.6. The van der Waals surface area contributed by atoms with Gasteiger partial charge in [0.05, 0.1) is 0 Å². The van der Waals surface area contributed by atoms with Gasteiger partial charge >= 0.3 is 0 Å². The molecule has 1 aliphatic heterocycles. The van der Waals surface area contributed by atoms with Crippen LogP contribution in [0.3, 0.4) is 0 Å². The maximum Gasteiger partial charge on any atom is 0.253 e. The minimum atomic E-state index is -0.0981. The first-order chi connectivity index (χ1) is 15.1. The third-order valence-electron chi connectivity index (χ3n) is 5.76. The Hall–Kier alpha value is -3.11. The van der Waals surface area contributed by atoms with Gasteiger partial charge in [-0.05, 0) is 60.7 Å². The van der Waals surface area contributed by atoms with Gasteiger partial charge in [-0.3, -0.25) is 9.59 Å². The number of para-hydroxylation sites is 1. The minimum absolute atomic E-state index is 0.0104. The van der Waals surface area contributed by atoms with E-state index in [1.807, 2.05) is 41.3 Å². The van der Waals surface area contributed by atoms with Crippen LogP contribution in [-0.4, -0.2) is 29.8 Å². The second-order valence-electron chi connectivity index (χ2n) is 7.88. The zero-order valence-corrected chi connectivity index (χ0v) is 18.0. The highest BCUT2D eigenvalue weighted by molar-refractivity contribution is 6.30. The number of likely N-dealkylation sites (tertiary alicyclic amines) is 1. The Labute approximate surface area is 187 Å². The van der Waals surface area contributed by atoms with Gasteiger partial charge in [-0.1, -0.05) is 60.1 Å². The molecule has 3 aromatic carbocycles. The fourth-order valence-corrected chi connectivity index (χ4v) is 4.09. The maximum atomic E-state index is 12.9. The van der Waals surface area contributed by atoms with Crippen LogP contribution in [-0.2, 0) is 11.2 Å². The van der Waals surface area contributed by atoms with Crippen molar-refractivity contribution >= 4 is 29.1 Å². The summed E-state index contributed by atoms with van der Waals surface area (Å²) in [6.07, 6.45) is 2.09. The number of piperidine rings is 1. The first-order valence-electron chi connectivity index (χ1n) is 10.6. The van der Waals surface area contributed by atoms with Crippen molar-refractivity contribution in [2.75, 3.05) is 18.4 Å². The summed E-state index contributed by atoms with van der Waals surface area (Å²) in [4.78, 5) is 27.4. The summed E-state index contributed by atoms with van der Waals surface area (Å²) in [7, 11) is 0. The number of nitrogens with zero attached hydrogens (tertiary/aromatic N) is 1. The number of amides is 2. The van der Waals surface area contributed by atoms with E-state index in [9.17, 15) is 9.59 Å². The van der Waals surface area contributed by atoms with E-state index in [0.29, 0.717) is 36.5 Å². The second-order valence-corrected chi connectivity index (χ2v) is 8.32. The summed E-state index contributed by atoms with van der Waals surface area (Å²) in [6.45, 7) is 1.15. The van der Waals surface area contributed by atoms with Crippen LogP contribution in [0.2, 0.25) is 5.02 Å². The molecule has 31 heavy (non-hydrogen) atoms. The molecular formula is C26H25ClN2O2. The van der Waals surface area contributed by atoms with Gasteiger partial charge in [0.2, 0.25) is 5.91 Å². The molecule has 0 radical (unpaired) electrons. The van der Waals surface area contributed by atoms with Gasteiger partial charge in [0.25, 0.3) is 5.91 Å². The molecule has 4 rings (SSSR count). The molecule has 3 aromatic rings. The molecule has 1 fully saturated rings. The van der Waals surface area contributed by atoms with E-state index in [1.165, 1.54) is 5.56 Å². The van der Waals surface area contributed by atoms with Crippen LogP contribution in [0.15, 0.2) is 78.9 Å². The van der Waals surface area contributed by atoms with Crippen molar-refractivity contribution in [2.24, 2.45) is 5.92 Å². The zero-order valence-electron chi connectivity index (χ0n) is 17.3. The molecule has 0 saturated carbocycles. The molecule has 0 aromatic heterocycles. The summed E-state index contributed by atoms with van der Waals surface area (Å²) in [6, 6.07) is 25.1. The van der Waals surface area contributed by atoms with E-state index >= 15 is 0 Å². The lowest BCUT2D eigenvalue weighted by molar-refractivity contribution is -0.121. The van der Waals surface area contributed by atoms with Crippen LogP contribution in [0.4, 0.5) is 5.69 Å². The molecule has 5 heteroatoms. The summed E-state index contributed by atoms with van der Waals surface area (Å²) in [5.41, 5.74) is 3.79. The average molecular weight is 433 g/mol. The van der Waals surface area contributed by atoms with Gasteiger partial charge in [-0.25, -0.2) is 0 Å². The number of halogens is 1. The number of hydrogen-bond acceptors (Lipinski definition) is 2. The van der Waals surface area contributed by atoms with Gasteiger partial charge in [-0.15, -0.1) is 0 Å². The highest BCUT2D eigenvalue weighted by Gasteiger charge is 2.28. The Bertz CT molecular complexity index is 1040. The smallest absolute Gasteiger partial charge is 0.253 e. The van der Waals surface area contributed by atoms with Crippen LogP contribution >= 0.6 is 11.6 Å². The SMILES string of the molecule is O=C(Nc1ccccc1Cc1ccccc1)C1CCN(C(=O)c2ccc(Cl)cc2)CC1. The first kappa shape index (κ1) is 21.1. The van der Waals surface area contributed by atoms with Crippen LogP contribution in [0.5, 0.6) is 0 Å². The van der Waals surface area contributed by atoms with Crippen LogP contribution < -0.4 is 5.32 Å². The van der Waals surface area contributed by atoms with Crippen molar-refractivity contribution in [3.63, 3.8) is 0 Å². The molecular weight excluding hydrogens is 408 g/mol. The van der Waals surface area contributed by atoms with Gasteiger partial charge in [0.1, 0.15) is 0 Å². The topological polar surface area (TPSA) is 49.4 Å². The normalized spacial score (nSPS) is 14.3. The van der Waals surface area contributed by atoms with E-state index in [1.54, 1.807) is 24.3 Å². The molecule has 0 aliphatic carbocycles.